The predicted octanol–water partition coefficient (Wildman–Crippen LogP) is 3.45. The summed E-state index contributed by atoms with van der Waals surface area (Å²) in [6.07, 6.45) is -0.121. The number of carboxylic acids is 1. The molecule has 0 spiro atoms. The molecule has 1 aromatic carbocycles. The highest BCUT2D eigenvalue weighted by Crippen LogP contribution is 2.27. The lowest BCUT2D eigenvalue weighted by molar-refractivity contribution is -0.138. The zero-order valence-electron chi connectivity index (χ0n) is 12.8. The van der Waals surface area contributed by atoms with Gasteiger partial charge in [0.15, 0.2) is 0 Å². The van der Waals surface area contributed by atoms with Crippen LogP contribution in [-0.4, -0.2) is 22.5 Å². The predicted molar refractivity (Wildman–Crippen MR) is 83.5 cm³/mol. The molecule has 1 amide bonds. The number of hydrogen-bond acceptors (Lipinski definition) is 2. The van der Waals surface area contributed by atoms with E-state index < -0.39 is 11.5 Å². The minimum absolute atomic E-state index is 0.0896. The van der Waals surface area contributed by atoms with E-state index in [0.29, 0.717) is 5.02 Å². The van der Waals surface area contributed by atoms with E-state index in [1.165, 1.54) is 0 Å². The summed E-state index contributed by atoms with van der Waals surface area (Å²) >= 11 is 5.87. The number of carbonyl (C=O) groups is 2. The fraction of sp³-hybridized carbons (Fsp3) is 0.500. The van der Waals surface area contributed by atoms with Crippen molar-refractivity contribution in [2.24, 2.45) is 5.92 Å². The summed E-state index contributed by atoms with van der Waals surface area (Å²) in [7, 11) is 0. The van der Waals surface area contributed by atoms with E-state index in [-0.39, 0.29) is 24.2 Å². The largest absolute Gasteiger partial charge is 0.481 e. The van der Waals surface area contributed by atoms with E-state index in [2.05, 4.69) is 5.32 Å². The summed E-state index contributed by atoms with van der Waals surface area (Å²) in [6, 6.07) is 7.16. The topological polar surface area (TPSA) is 66.4 Å². The maximum Gasteiger partial charge on any atom is 0.305 e. The van der Waals surface area contributed by atoms with Crippen LogP contribution in [0.3, 0.4) is 0 Å². The summed E-state index contributed by atoms with van der Waals surface area (Å²) in [5.41, 5.74) is 0.0840. The van der Waals surface area contributed by atoms with Crippen LogP contribution < -0.4 is 5.32 Å². The third kappa shape index (κ3) is 5.38. The third-order valence-corrected chi connectivity index (χ3v) is 3.48. The lowest BCUT2D eigenvalue weighted by Crippen LogP contribution is -2.47. The first-order valence-electron chi connectivity index (χ1n) is 6.91. The van der Waals surface area contributed by atoms with Gasteiger partial charge in [0.05, 0.1) is 12.3 Å². The molecule has 0 aliphatic rings. The molecule has 116 valence electrons. The molecule has 5 heteroatoms. The van der Waals surface area contributed by atoms with Gasteiger partial charge in [-0.25, -0.2) is 0 Å². The number of carbonyl (C=O) groups excluding carboxylic acids is 1. The molecule has 0 aliphatic carbocycles. The maximum absolute atomic E-state index is 12.5. The quantitative estimate of drug-likeness (QED) is 0.845. The fourth-order valence-corrected chi connectivity index (χ4v) is 2.47. The molecule has 1 rings (SSSR count). The molecule has 0 saturated heterocycles. The monoisotopic (exact) mass is 311 g/mol. The average Bonchev–Trinajstić information content (AvgIpc) is 2.28. The average molecular weight is 312 g/mol. The lowest BCUT2D eigenvalue weighted by Gasteiger charge is -2.29. The van der Waals surface area contributed by atoms with Gasteiger partial charge < -0.3 is 10.4 Å². The van der Waals surface area contributed by atoms with Crippen molar-refractivity contribution in [3.8, 4) is 0 Å². The number of carboxylic acid groups (broad SMARTS) is 1. The van der Waals surface area contributed by atoms with E-state index in [1.54, 1.807) is 26.0 Å². The van der Waals surface area contributed by atoms with Crippen molar-refractivity contribution in [1.29, 1.82) is 0 Å². The molecule has 0 bridgehead atoms. The van der Waals surface area contributed by atoms with Crippen molar-refractivity contribution in [3.05, 3.63) is 34.9 Å². The number of halogens is 1. The second-order valence-electron chi connectivity index (χ2n) is 6.22. The number of amides is 1. The molecular weight excluding hydrogens is 290 g/mol. The molecule has 21 heavy (non-hydrogen) atoms. The van der Waals surface area contributed by atoms with Gasteiger partial charge in [0.2, 0.25) is 5.91 Å². The number of rotatable bonds is 6. The van der Waals surface area contributed by atoms with Crippen LogP contribution >= 0.6 is 11.6 Å². The van der Waals surface area contributed by atoms with Gasteiger partial charge >= 0.3 is 5.97 Å². The zero-order chi connectivity index (χ0) is 16.2. The van der Waals surface area contributed by atoms with Gasteiger partial charge in [-0.15, -0.1) is 0 Å². The van der Waals surface area contributed by atoms with E-state index in [9.17, 15) is 9.59 Å². The van der Waals surface area contributed by atoms with Crippen molar-refractivity contribution in [2.45, 2.75) is 45.6 Å². The van der Waals surface area contributed by atoms with E-state index in [4.69, 9.17) is 16.7 Å². The first-order valence-corrected chi connectivity index (χ1v) is 7.29. The smallest absolute Gasteiger partial charge is 0.305 e. The summed E-state index contributed by atoms with van der Waals surface area (Å²) in [5, 5.41) is 12.3. The SMILES string of the molecule is CC(C)C(C(=O)NC(C)(C)CC(=O)O)c1ccc(Cl)cc1. The Balaban J connectivity index is 2.93. The highest BCUT2D eigenvalue weighted by Gasteiger charge is 2.30. The Hall–Kier alpha value is -1.55. The molecule has 0 radical (unpaired) electrons. The molecule has 0 aromatic heterocycles. The standard InChI is InChI=1S/C16H22ClNO3/c1-10(2)14(11-5-7-12(17)8-6-11)15(21)18-16(3,4)9-13(19)20/h5-8,10,14H,9H2,1-4H3,(H,18,21)(H,19,20). The van der Waals surface area contributed by atoms with Crippen LogP contribution in [0.15, 0.2) is 24.3 Å². The van der Waals surface area contributed by atoms with Crippen molar-refractivity contribution >= 4 is 23.5 Å². The molecule has 4 nitrogen and oxygen atoms in total. The Kier molecular flexibility index (Phi) is 5.78. The lowest BCUT2D eigenvalue weighted by atomic mass is 9.86. The van der Waals surface area contributed by atoms with Crippen molar-refractivity contribution in [2.75, 3.05) is 0 Å². The molecule has 0 heterocycles. The fourth-order valence-electron chi connectivity index (χ4n) is 2.34. The molecular formula is C16H22ClNO3. The van der Waals surface area contributed by atoms with Crippen LogP contribution in [0.1, 0.15) is 45.6 Å². The summed E-state index contributed by atoms with van der Waals surface area (Å²) in [5.74, 6) is -1.35. The normalized spacial score (nSPS) is 13.0. The number of benzene rings is 1. The molecule has 1 aromatic rings. The number of aliphatic carboxylic acids is 1. The Morgan fingerprint density at radius 1 is 1.24 bits per heavy atom. The van der Waals surface area contributed by atoms with E-state index >= 15 is 0 Å². The Morgan fingerprint density at radius 3 is 2.19 bits per heavy atom. The highest BCUT2D eigenvalue weighted by molar-refractivity contribution is 6.30. The van der Waals surface area contributed by atoms with Crippen LogP contribution in [0.25, 0.3) is 0 Å². The Morgan fingerprint density at radius 2 is 1.76 bits per heavy atom. The molecule has 1 atom stereocenters. The molecule has 0 saturated carbocycles. The molecule has 0 fully saturated rings. The third-order valence-electron chi connectivity index (χ3n) is 3.23. The van der Waals surface area contributed by atoms with Gasteiger partial charge in [0.1, 0.15) is 0 Å². The van der Waals surface area contributed by atoms with Gasteiger partial charge in [0.25, 0.3) is 0 Å². The number of hydrogen-bond donors (Lipinski definition) is 2. The van der Waals surface area contributed by atoms with Crippen LogP contribution in [-0.2, 0) is 9.59 Å². The van der Waals surface area contributed by atoms with Crippen molar-refractivity contribution in [1.82, 2.24) is 5.32 Å². The second-order valence-corrected chi connectivity index (χ2v) is 6.65. The Bertz CT molecular complexity index is 509. The minimum atomic E-state index is -0.937. The summed E-state index contributed by atoms with van der Waals surface area (Å²) in [4.78, 5) is 23.4. The van der Waals surface area contributed by atoms with Gasteiger partial charge in [-0.2, -0.15) is 0 Å². The molecule has 1 unspecified atom stereocenters. The number of nitrogens with one attached hydrogen (secondary N) is 1. The van der Waals surface area contributed by atoms with Crippen LogP contribution in [0.4, 0.5) is 0 Å². The Labute approximate surface area is 130 Å². The van der Waals surface area contributed by atoms with Gasteiger partial charge in [0, 0.05) is 10.6 Å². The molecule has 0 aliphatic heterocycles. The van der Waals surface area contributed by atoms with E-state index in [0.717, 1.165) is 5.56 Å². The minimum Gasteiger partial charge on any atom is -0.481 e. The van der Waals surface area contributed by atoms with Crippen LogP contribution in [0.5, 0.6) is 0 Å². The van der Waals surface area contributed by atoms with E-state index in [1.807, 2.05) is 26.0 Å². The summed E-state index contributed by atoms with van der Waals surface area (Å²) < 4.78 is 0. The van der Waals surface area contributed by atoms with Gasteiger partial charge in [-0.3, -0.25) is 9.59 Å². The zero-order valence-corrected chi connectivity index (χ0v) is 13.6. The first-order chi connectivity index (χ1) is 9.62. The van der Waals surface area contributed by atoms with Gasteiger partial charge in [-0.1, -0.05) is 37.6 Å². The van der Waals surface area contributed by atoms with Crippen molar-refractivity contribution < 1.29 is 14.7 Å². The van der Waals surface area contributed by atoms with Crippen molar-refractivity contribution in [3.63, 3.8) is 0 Å². The summed E-state index contributed by atoms with van der Waals surface area (Å²) in [6.45, 7) is 7.34. The molecule has 2 N–H and O–H groups in total. The van der Waals surface area contributed by atoms with Gasteiger partial charge in [-0.05, 0) is 37.5 Å². The maximum atomic E-state index is 12.5. The second kappa shape index (κ2) is 6.94. The highest BCUT2D eigenvalue weighted by atomic mass is 35.5. The van der Waals surface area contributed by atoms with Crippen LogP contribution in [0, 0.1) is 5.92 Å². The van der Waals surface area contributed by atoms with Crippen LogP contribution in [0.2, 0.25) is 5.02 Å². The first kappa shape index (κ1) is 17.5.